The summed E-state index contributed by atoms with van der Waals surface area (Å²) in [5.41, 5.74) is 11.0. The van der Waals surface area contributed by atoms with Crippen LogP contribution in [0.3, 0.4) is 0 Å². The SMILES string of the molecule is NC(=S)[S-].NC(=S)[S-].O=C(C(=O)c1ccccc1)c1ccccc1.O=C(C(=O)c1ccccc1)c1ccccc1.[Cd+2]. The molecule has 6 nitrogen and oxygen atoms in total. The zero-order valence-corrected chi connectivity index (χ0v) is 29.0. The van der Waals surface area contributed by atoms with Gasteiger partial charge in [0.15, 0.2) is 0 Å². The van der Waals surface area contributed by atoms with Crippen LogP contribution in [0.15, 0.2) is 121 Å². The van der Waals surface area contributed by atoms with Gasteiger partial charge in [-0.1, -0.05) is 130 Å². The molecule has 0 spiro atoms. The molecule has 0 unspecified atom stereocenters. The molecule has 0 aliphatic carbocycles. The minimum Gasteiger partial charge on any atom is -0.415 e. The third-order valence-electron chi connectivity index (χ3n) is 4.56. The van der Waals surface area contributed by atoms with Crippen LogP contribution in [0, 0.1) is 0 Å². The molecule has 11 heteroatoms. The van der Waals surface area contributed by atoms with Gasteiger partial charge < -0.3 is 61.2 Å². The molecular formula is C30H24CdN2O4S4. The van der Waals surface area contributed by atoms with E-state index in [0.717, 1.165) is 0 Å². The maximum atomic E-state index is 11.8. The van der Waals surface area contributed by atoms with Gasteiger partial charge in [0.2, 0.25) is 23.1 Å². The van der Waals surface area contributed by atoms with Gasteiger partial charge in [-0.05, 0) is 0 Å². The number of carbonyl (C=O) groups excluding carboxylic acids is 4. The Morgan fingerprint density at radius 2 is 0.537 bits per heavy atom. The molecule has 0 heterocycles. The summed E-state index contributed by atoms with van der Waals surface area (Å²) in [6.07, 6.45) is 0. The first-order valence-electron chi connectivity index (χ1n) is 11.4. The first-order chi connectivity index (χ1) is 19.0. The Morgan fingerprint density at radius 3 is 0.659 bits per heavy atom. The Bertz CT molecular complexity index is 1210. The number of hydrogen-bond donors (Lipinski definition) is 2. The van der Waals surface area contributed by atoms with Gasteiger partial charge in [-0.3, -0.25) is 19.2 Å². The van der Waals surface area contributed by atoms with Crippen molar-refractivity contribution in [1.29, 1.82) is 0 Å². The summed E-state index contributed by atoms with van der Waals surface area (Å²) in [4.78, 5) is 47.2. The zero-order valence-electron chi connectivity index (χ0n) is 21.7. The van der Waals surface area contributed by atoms with Crippen molar-refractivity contribution in [1.82, 2.24) is 0 Å². The van der Waals surface area contributed by atoms with Crippen molar-refractivity contribution in [3.63, 3.8) is 0 Å². The Labute approximate surface area is 280 Å². The molecule has 0 aliphatic rings. The smallest absolute Gasteiger partial charge is 0.415 e. The third kappa shape index (κ3) is 15.9. The molecule has 204 valence electrons. The van der Waals surface area contributed by atoms with E-state index in [1.54, 1.807) is 97.1 Å². The third-order valence-corrected chi connectivity index (χ3v) is 4.56. The van der Waals surface area contributed by atoms with E-state index in [1.165, 1.54) is 0 Å². The van der Waals surface area contributed by atoms with E-state index in [2.05, 4.69) is 61.2 Å². The van der Waals surface area contributed by atoms with Crippen LogP contribution in [-0.2, 0) is 52.6 Å². The second-order valence-electron chi connectivity index (χ2n) is 7.42. The molecule has 0 radical (unpaired) electrons. The van der Waals surface area contributed by atoms with Gasteiger partial charge in [0.05, 0.1) is 0 Å². The summed E-state index contributed by atoms with van der Waals surface area (Å²) >= 11 is 16.5. The summed E-state index contributed by atoms with van der Waals surface area (Å²) in [6.45, 7) is 0. The van der Waals surface area contributed by atoms with Crippen LogP contribution in [0.25, 0.3) is 0 Å². The number of ketones is 4. The van der Waals surface area contributed by atoms with Crippen LogP contribution < -0.4 is 11.5 Å². The Balaban J connectivity index is 0.000000609. The standard InChI is InChI=1S/2C14H10O2.2CH3NS2.Cd/c2*15-13(11-7-3-1-4-8-11)14(16)12-9-5-2-6-10-12;2*2-1(3)4;/h2*1-10H;2*(H3,2,3,4);/q;;;;+2/p-2. The van der Waals surface area contributed by atoms with E-state index >= 15 is 0 Å². The predicted octanol–water partition coefficient (Wildman–Crippen LogP) is 5.06. The molecule has 0 bridgehead atoms. The quantitative estimate of drug-likeness (QED) is 0.0922. The number of rotatable bonds is 6. The molecular weight excluding hydrogens is 693 g/mol. The largest absolute Gasteiger partial charge is 2.00 e. The van der Waals surface area contributed by atoms with Crippen molar-refractivity contribution in [2.45, 2.75) is 0 Å². The second kappa shape index (κ2) is 21.4. The van der Waals surface area contributed by atoms with Crippen molar-refractivity contribution in [2.24, 2.45) is 11.5 Å². The van der Waals surface area contributed by atoms with Gasteiger partial charge in [0.25, 0.3) is 0 Å². The second-order valence-corrected chi connectivity index (χ2v) is 9.69. The molecule has 4 aromatic carbocycles. The summed E-state index contributed by atoms with van der Waals surface area (Å²) in [5, 5.41) is 0. The molecule has 41 heavy (non-hydrogen) atoms. The molecule has 4 N–H and O–H groups in total. The molecule has 0 amide bonds. The fourth-order valence-electron chi connectivity index (χ4n) is 2.88. The average molecular weight is 717 g/mol. The van der Waals surface area contributed by atoms with Crippen LogP contribution >= 0.6 is 24.4 Å². The number of carbonyl (C=O) groups is 4. The zero-order chi connectivity index (χ0) is 29.9. The van der Waals surface area contributed by atoms with E-state index in [0.29, 0.717) is 22.3 Å². The first kappa shape index (κ1) is 37.7. The fourth-order valence-corrected chi connectivity index (χ4v) is 2.88. The topological polar surface area (TPSA) is 120 Å². The molecule has 0 fully saturated rings. The molecule has 0 aliphatic heterocycles. The Morgan fingerprint density at radius 1 is 0.415 bits per heavy atom. The van der Waals surface area contributed by atoms with E-state index in [1.807, 2.05) is 24.3 Å². The maximum absolute atomic E-state index is 11.8. The number of Topliss-reactive ketones (excluding diaryl/α,β-unsaturated/α-hetero) is 4. The van der Waals surface area contributed by atoms with Gasteiger partial charge in [-0.15, -0.1) is 0 Å². The Kier molecular flexibility index (Phi) is 19.7. The molecule has 0 saturated carbocycles. The van der Waals surface area contributed by atoms with E-state index in [4.69, 9.17) is 0 Å². The Hall–Kier alpha value is -3.30. The monoisotopic (exact) mass is 718 g/mol. The van der Waals surface area contributed by atoms with Crippen LogP contribution in [0.1, 0.15) is 41.4 Å². The van der Waals surface area contributed by atoms with Gasteiger partial charge in [0, 0.05) is 22.3 Å². The summed E-state index contributed by atoms with van der Waals surface area (Å²) in [7, 11) is 0. The van der Waals surface area contributed by atoms with Crippen LogP contribution in [0.2, 0.25) is 0 Å². The van der Waals surface area contributed by atoms with Crippen molar-refractivity contribution in [2.75, 3.05) is 0 Å². The molecule has 4 aromatic rings. The van der Waals surface area contributed by atoms with Crippen LogP contribution in [-0.4, -0.2) is 31.8 Å². The number of hydrogen-bond acceptors (Lipinski definition) is 8. The predicted molar refractivity (Wildman–Crippen MR) is 171 cm³/mol. The normalized spacial score (nSPS) is 8.78. The minimum absolute atomic E-state index is 0. The molecule has 4 rings (SSSR count). The average Bonchev–Trinajstić information content (AvgIpc) is 2.97. The van der Waals surface area contributed by atoms with E-state index in [9.17, 15) is 19.2 Å². The van der Waals surface area contributed by atoms with Gasteiger partial charge in [-0.25, -0.2) is 0 Å². The minimum atomic E-state index is -0.466. The van der Waals surface area contributed by atoms with Gasteiger partial charge >= 0.3 is 27.3 Å². The molecule has 0 saturated heterocycles. The van der Waals surface area contributed by atoms with E-state index in [-0.39, 0.29) is 35.9 Å². The van der Waals surface area contributed by atoms with Crippen molar-refractivity contribution in [3.8, 4) is 0 Å². The number of thiocarbonyl (C=S) groups is 2. The number of benzene rings is 4. The van der Waals surface area contributed by atoms with Crippen molar-refractivity contribution < 1.29 is 46.5 Å². The summed E-state index contributed by atoms with van der Waals surface area (Å²) in [6, 6.07) is 34.3. The first-order valence-corrected chi connectivity index (χ1v) is 13.0. The van der Waals surface area contributed by atoms with Crippen molar-refractivity contribution >= 4 is 81.5 Å². The van der Waals surface area contributed by atoms with E-state index < -0.39 is 23.1 Å². The summed E-state index contributed by atoms with van der Waals surface area (Å²) in [5.74, 6) is -1.86. The van der Waals surface area contributed by atoms with Crippen LogP contribution in [0.5, 0.6) is 0 Å². The van der Waals surface area contributed by atoms with Crippen molar-refractivity contribution in [3.05, 3.63) is 144 Å². The molecule has 0 atom stereocenters. The fraction of sp³-hybridized carbons (Fsp3) is 0. The van der Waals surface area contributed by atoms with Crippen LogP contribution in [0.4, 0.5) is 0 Å². The van der Waals surface area contributed by atoms with Gasteiger partial charge in [0.1, 0.15) is 0 Å². The maximum Gasteiger partial charge on any atom is 2.00 e. The number of nitrogens with two attached hydrogens (primary N) is 2. The summed E-state index contributed by atoms with van der Waals surface area (Å²) < 4.78 is 0.167. The van der Waals surface area contributed by atoms with Gasteiger partial charge in [-0.2, -0.15) is 0 Å². The molecule has 0 aromatic heterocycles.